The zero-order valence-electron chi connectivity index (χ0n) is 17.2. The van der Waals surface area contributed by atoms with E-state index < -0.39 is 0 Å². The van der Waals surface area contributed by atoms with E-state index in [2.05, 4.69) is 45.2 Å². The number of nitrogens with zero attached hydrogens (tertiary/aromatic N) is 3. The summed E-state index contributed by atoms with van der Waals surface area (Å²) in [5.74, 6) is 1.94. The van der Waals surface area contributed by atoms with Crippen LogP contribution in [-0.2, 0) is 11.3 Å². The fourth-order valence-electron chi connectivity index (χ4n) is 3.77. The molecule has 7 heteroatoms. The second-order valence-electron chi connectivity index (χ2n) is 7.29. The van der Waals surface area contributed by atoms with Crippen LogP contribution in [0.25, 0.3) is 0 Å². The fraction of sp³-hybridized carbons (Fsp3) is 0.667. The Kier molecular flexibility index (Phi) is 10.4. The highest BCUT2D eigenvalue weighted by Crippen LogP contribution is 2.18. The number of hydrogen-bond donors (Lipinski definition) is 1. The van der Waals surface area contributed by atoms with Crippen LogP contribution in [0.1, 0.15) is 31.7 Å². The molecule has 0 radical (unpaired) electrons. The van der Waals surface area contributed by atoms with Gasteiger partial charge in [-0.25, -0.2) is 0 Å². The van der Waals surface area contributed by atoms with Gasteiger partial charge in [0, 0.05) is 45.8 Å². The molecule has 1 unspecified atom stereocenters. The quantitative estimate of drug-likeness (QED) is 0.269. The number of nitrogens with one attached hydrogen (secondary N) is 1. The van der Waals surface area contributed by atoms with Gasteiger partial charge >= 0.3 is 0 Å². The Morgan fingerprint density at radius 2 is 2.11 bits per heavy atom. The van der Waals surface area contributed by atoms with Crippen LogP contribution in [0.5, 0.6) is 5.75 Å². The Labute approximate surface area is 186 Å². The molecule has 1 N–H and O–H groups in total. The lowest BCUT2D eigenvalue weighted by Gasteiger charge is -2.32. The third-order valence-electron chi connectivity index (χ3n) is 5.35. The van der Waals surface area contributed by atoms with Crippen LogP contribution in [0, 0.1) is 0 Å². The number of guanidine groups is 1. The van der Waals surface area contributed by atoms with Crippen LogP contribution in [0.15, 0.2) is 29.3 Å². The van der Waals surface area contributed by atoms with E-state index in [1.807, 2.05) is 13.1 Å². The van der Waals surface area contributed by atoms with Crippen LogP contribution in [-0.4, -0.2) is 74.8 Å². The predicted molar refractivity (Wildman–Crippen MR) is 125 cm³/mol. The van der Waals surface area contributed by atoms with Gasteiger partial charge in [0.25, 0.3) is 0 Å². The number of hydrogen-bond acceptors (Lipinski definition) is 4. The van der Waals surface area contributed by atoms with Crippen molar-refractivity contribution in [2.45, 2.75) is 38.8 Å². The Morgan fingerprint density at radius 3 is 2.86 bits per heavy atom. The van der Waals surface area contributed by atoms with Crippen molar-refractivity contribution in [2.24, 2.45) is 4.99 Å². The zero-order chi connectivity index (χ0) is 18.9. The van der Waals surface area contributed by atoms with Crippen molar-refractivity contribution < 1.29 is 9.47 Å². The number of likely N-dealkylation sites (tertiary alicyclic amines) is 1. The van der Waals surface area contributed by atoms with Gasteiger partial charge in [0.2, 0.25) is 0 Å². The lowest BCUT2D eigenvalue weighted by atomic mass is 10.2. The summed E-state index contributed by atoms with van der Waals surface area (Å²) < 4.78 is 11.3. The van der Waals surface area contributed by atoms with Gasteiger partial charge in [-0.2, -0.15) is 0 Å². The molecule has 3 rings (SSSR count). The van der Waals surface area contributed by atoms with Gasteiger partial charge in [0.05, 0.1) is 19.8 Å². The highest BCUT2D eigenvalue weighted by atomic mass is 127. The van der Waals surface area contributed by atoms with Gasteiger partial charge in [-0.05, 0) is 30.5 Å². The Hall–Kier alpha value is -1.06. The molecule has 0 aliphatic carbocycles. The maximum Gasteiger partial charge on any atom is 0.193 e. The molecule has 6 nitrogen and oxygen atoms in total. The summed E-state index contributed by atoms with van der Waals surface area (Å²) in [5, 5.41) is 3.52. The predicted octanol–water partition coefficient (Wildman–Crippen LogP) is 2.97. The van der Waals surface area contributed by atoms with Gasteiger partial charge < -0.3 is 19.7 Å². The molecule has 1 atom stereocenters. The Balaban J connectivity index is 0.00000280. The highest BCUT2D eigenvalue weighted by molar-refractivity contribution is 14.0. The number of ether oxygens (including phenoxy) is 2. The number of unbranched alkanes of at least 4 members (excludes halogenated alkanes) is 1. The van der Waals surface area contributed by atoms with E-state index in [0.717, 1.165) is 77.1 Å². The molecular weight excluding hydrogens is 467 g/mol. The molecule has 2 heterocycles. The normalized spacial score (nSPS) is 20.7. The van der Waals surface area contributed by atoms with Crippen LogP contribution in [0.2, 0.25) is 0 Å². The molecule has 158 valence electrons. The average molecular weight is 502 g/mol. The van der Waals surface area contributed by atoms with E-state index in [1.165, 1.54) is 12.0 Å². The molecule has 0 spiro atoms. The van der Waals surface area contributed by atoms with Crippen molar-refractivity contribution in [3.8, 4) is 5.75 Å². The summed E-state index contributed by atoms with van der Waals surface area (Å²) in [6.07, 6.45) is 3.44. The molecule has 0 aromatic heterocycles. The number of aliphatic imine (C=N–C) groups is 1. The van der Waals surface area contributed by atoms with Crippen LogP contribution in [0.3, 0.4) is 0 Å². The van der Waals surface area contributed by atoms with Crippen LogP contribution in [0.4, 0.5) is 0 Å². The maximum atomic E-state index is 5.82. The molecular formula is C21H35IN4O2. The minimum Gasteiger partial charge on any atom is -0.494 e. The van der Waals surface area contributed by atoms with Gasteiger partial charge in [-0.15, -0.1) is 24.0 Å². The smallest absolute Gasteiger partial charge is 0.193 e. The molecule has 0 amide bonds. The van der Waals surface area contributed by atoms with Crippen molar-refractivity contribution in [3.05, 3.63) is 29.8 Å². The number of rotatable bonds is 7. The summed E-state index contributed by atoms with van der Waals surface area (Å²) in [6.45, 7) is 9.64. The second-order valence-corrected chi connectivity index (χ2v) is 7.29. The third kappa shape index (κ3) is 6.77. The first kappa shape index (κ1) is 23.2. The SMILES string of the molecule is CCCCOc1cccc(CNC(=NC)N2CCC(N3CCOCC3)C2)c1.I. The topological polar surface area (TPSA) is 49.3 Å². The molecule has 2 aliphatic rings. The minimum atomic E-state index is 0. The summed E-state index contributed by atoms with van der Waals surface area (Å²) in [7, 11) is 1.87. The highest BCUT2D eigenvalue weighted by Gasteiger charge is 2.30. The first-order chi connectivity index (χ1) is 13.3. The monoisotopic (exact) mass is 502 g/mol. The van der Waals surface area contributed by atoms with E-state index in [9.17, 15) is 0 Å². The molecule has 2 saturated heterocycles. The van der Waals surface area contributed by atoms with Crippen molar-refractivity contribution in [1.29, 1.82) is 0 Å². The van der Waals surface area contributed by atoms with Gasteiger partial charge in [-0.3, -0.25) is 9.89 Å². The van der Waals surface area contributed by atoms with Crippen LogP contribution >= 0.6 is 24.0 Å². The minimum absolute atomic E-state index is 0. The zero-order valence-corrected chi connectivity index (χ0v) is 19.6. The average Bonchev–Trinajstić information content (AvgIpc) is 3.20. The summed E-state index contributed by atoms with van der Waals surface area (Å²) in [6, 6.07) is 8.96. The van der Waals surface area contributed by atoms with Gasteiger partial charge in [0.15, 0.2) is 5.96 Å². The molecule has 0 saturated carbocycles. The molecule has 0 bridgehead atoms. The lowest BCUT2D eigenvalue weighted by Crippen LogP contribution is -2.46. The number of benzene rings is 1. The molecule has 1 aromatic carbocycles. The van der Waals surface area contributed by atoms with Crippen LogP contribution < -0.4 is 10.1 Å². The number of halogens is 1. The molecule has 2 fully saturated rings. The first-order valence-corrected chi connectivity index (χ1v) is 10.3. The molecule has 2 aliphatic heterocycles. The Morgan fingerprint density at radius 1 is 1.29 bits per heavy atom. The van der Waals surface area contributed by atoms with Gasteiger partial charge in [0.1, 0.15) is 5.75 Å². The first-order valence-electron chi connectivity index (χ1n) is 10.3. The van der Waals surface area contributed by atoms with Gasteiger partial charge in [-0.1, -0.05) is 25.5 Å². The summed E-state index contributed by atoms with van der Waals surface area (Å²) in [4.78, 5) is 9.44. The lowest BCUT2D eigenvalue weighted by molar-refractivity contribution is 0.0195. The van der Waals surface area contributed by atoms with E-state index in [0.29, 0.717) is 6.04 Å². The van der Waals surface area contributed by atoms with Crippen molar-refractivity contribution in [1.82, 2.24) is 15.1 Å². The summed E-state index contributed by atoms with van der Waals surface area (Å²) in [5.41, 5.74) is 1.22. The summed E-state index contributed by atoms with van der Waals surface area (Å²) >= 11 is 0. The van der Waals surface area contributed by atoms with E-state index in [4.69, 9.17) is 9.47 Å². The molecule has 28 heavy (non-hydrogen) atoms. The molecule has 1 aromatic rings. The third-order valence-corrected chi connectivity index (χ3v) is 5.35. The second kappa shape index (κ2) is 12.5. The fourth-order valence-corrected chi connectivity index (χ4v) is 3.77. The maximum absolute atomic E-state index is 5.82. The van der Waals surface area contributed by atoms with Crippen molar-refractivity contribution >= 4 is 29.9 Å². The Bertz CT molecular complexity index is 608. The van der Waals surface area contributed by atoms with E-state index in [-0.39, 0.29) is 24.0 Å². The van der Waals surface area contributed by atoms with Crippen molar-refractivity contribution in [3.63, 3.8) is 0 Å². The van der Waals surface area contributed by atoms with E-state index >= 15 is 0 Å². The number of morpholine rings is 1. The standard InChI is InChI=1S/C21H34N4O2.HI/c1-3-4-12-27-20-7-5-6-18(15-20)16-23-21(22-2)25-9-8-19(17-25)24-10-13-26-14-11-24;/h5-7,15,19H,3-4,8-14,16-17H2,1-2H3,(H,22,23);1H. The largest absolute Gasteiger partial charge is 0.494 e. The van der Waals surface area contributed by atoms with Crippen molar-refractivity contribution in [2.75, 3.05) is 53.0 Å². The van der Waals surface area contributed by atoms with E-state index in [1.54, 1.807) is 0 Å².